The minimum atomic E-state index is -0.853. The second-order valence-electron chi connectivity index (χ2n) is 4.60. The molecule has 1 aromatic rings. The van der Waals surface area contributed by atoms with Crippen molar-refractivity contribution < 1.29 is 19.4 Å². The van der Waals surface area contributed by atoms with E-state index in [1.165, 1.54) is 11.3 Å². The van der Waals surface area contributed by atoms with Crippen molar-refractivity contribution in [3.8, 4) is 5.75 Å². The van der Waals surface area contributed by atoms with Gasteiger partial charge in [-0.25, -0.2) is 0 Å². The molecule has 1 N–H and O–H groups in total. The van der Waals surface area contributed by atoms with Crippen molar-refractivity contribution in [1.82, 2.24) is 4.90 Å². The van der Waals surface area contributed by atoms with Crippen LogP contribution >= 0.6 is 11.3 Å². The third kappa shape index (κ3) is 3.26. The monoisotopic (exact) mass is 283 g/mol. The van der Waals surface area contributed by atoms with E-state index >= 15 is 0 Å². The van der Waals surface area contributed by atoms with Crippen LogP contribution in [-0.4, -0.2) is 41.6 Å². The third-order valence-electron chi connectivity index (χ3n) is 3.32. The number of nitrogens with zero attached hydrogens (tertiary/aromatic N) is 1. The summed E-state index contributed by atoms with van der Waals surface area (Å²) >= 11 is 1.33. The Morgan fingerprint density at radius 3 is 2.95 bits per heavy atom. The van der Waals surface area contributed by atoms with E-state index in [4.69, 9.17) is 9.84 Å². The van der Waals surface area contributed by atoms with Crippen molar-refractivity contribution >= 4 is 23.2 Å². The van der Waals surface area contributed by atoms with Crippen LogP contribution in [0, 0.1) is 0 Å². The lowest BCUT2D eigenvalue weighted by atomic mass is 9.99. The molecule has 1 unspecified atom stereocenters. The zero-order valence-corrected chi connectivity index (χ0v) is 11.6. The molecule has 0 aromatic carbocycles. The van der Waals surface area contributed by atoms with Gasteiger partial charge in [-0.2, -0.15) is 0 Å². The highest BCUT2D eigenvalue weighted by molar-refractivity contribution is 7.12. The summed E-state index contributed by atoms with van der Waals surface area (Å²) in [5.74, 6) is -0.271. The molecule has 1 aliphatic heterocycles. The normalized spacial score (nSPS) is 19.2. The van der Waals surface area contributed by atoms with E-state index in [1.54, 1.807) is 23.5 Å². The molecule has 1 fully saturated rings. The molecule has 1 saturated heterocycles. The molecule has 1 atom stereocenters. The molecule has 5 nitrogen and oxygen atoms in total. The van der Waals surface area contributed by atoms with Crippen LogP contribution in [0.1, 0.15) is 35.4 Å². The van der Waals surface area contributed by atoms with E-state index in [0.717, 1.165) is 19.3 Å². The second kappa shape index (κ2) is 6.06. The summed E-state index contributed by atoms with van der Waals surface area (Å²) < 4.78 is 5.07. The van der Waals surface area contributed by atoms with Crippen molar-refractivity contribution in [3.63, 3.8) is 0 Å². The van der Waals surface area contributed by atoms with Crippen LogP contribution < -0.4 is 4.74 Å². The predicted molar refractivity (Wildman–Crippen MR) is 71.8 cm³/mol. The number of hydrogen-bond acceptors (Lipinski definition) is 4. The van der Waals surface area contributed by atoms with Crippen LogP contribution in [0.5, 0.6) is 5.75 Å². The standard InChI is InChI=1S/C13H17NO4S/c1-18-10-7-11(19-8-10)13(17)14-5-3-2-4-9(14)6-12(15)16/h7-9H,2-6H2,1H3,(H,15,16). The number of thiophene rings is 1. The first-order chi connectivity index (χ1) is 9.11. The Balaban J connectivity index is 2.12. The van der Waals surface area contributed by atoms with Gasteiger partial charge in [0.15, 0.2) is 0 Å². The highest BCUT2D eigenvalue weighted by Gasteiger charge is 2.29. The van der Waals surface area contributed by atoms with Crippen LogP contribution in [0.25, 0.3) is 0 Å². The van der Waals surface area contributed by atoms with E-state index < -0.39 is 5.97 Å². The number of hydrogen-bond donors (Lipinski definition) is 1. The molecule has 1 amide bonds. The van der Waals surface area contributed by atoms with Gasteiger partial charge in [0.05, 0.1) is 18.4 Å². The lowest BCUT2D eigenvalue weighted by Crippen LogP contribution is -2.44. The van der Waals surface area contributed by atoms with Gasteiger partial charge < -0.3 is 14.7 Å². The highest BCUT2D eigenvalue weighted by atomic mass is 32.1. The first-order valence-corrected chi connectivity index (χ1v) is 7.15. The van der Waals surface area contributed by atoms with Gasteiger partial charge in [0, 0.05) is 24.0 Å². The summed E-state index contributed by atoms with van der Waals surface area (Å²) in [6.45, 7) is 0.636. The number of carboxylic acid groups (broad SMARTS) is 1. The molecule has 1 aliphatic rings. The molecule has 0 spiro atoms. The fraction of sp³-hybridized carbons (Fsp3) is 0.538. The third-order valence-corrected chi connectivity index (χ3v) is 4.22. The predicted octanol–water partition coefficient (Wildman–Crippen LogP) is 2.23. The highest BCUT2D eigenvalue weighted by Crippen LogP contribution is 2.27. The molecule has 2 heterocycles. The molecule has 1 aromatic heterocycles. The molecule has 0 saturated carbocycles. The van der Waals surface area contributed by atoms with Gasteiger partial charge in [-0.05, 0) is 19.3 Å². The molecule has 0 radical (unpaired) electrons. The number of carbonyl (C=O) groups is 2. The van der Waals surface area contributed by atoms with Crippen molar-refractivity contribution in [2.45, 2.75) is 31.7 Å². The van der Waals surface area contributed by atoms with Gasteiger partial charge in [0.25, 0.3) is 5.91 Å². The molecule has 0 aliphatic carbocycles. The maximum atomic E-state index is 12.4. The maximum Gasteiger partial charge on any atom is 0.305 e. The fourth-order valence-electron chi connectivity index (χ4n) is 2.36. The Bertz CT molecular complexity index is 471. The van der Waals surface area contributed by atoms with Crippen molar-refractivity contribution in [2.24, 2.45) is 0 Å². The Morgan fingerprint density at radius 1 is 1.53 bits per heavy atom. The first kappa shape index (κ1) is 13.9. The zero-order valence-electron chi connectivity index (χ0n) is 10.8. The number of aliphatic carboxylic acids is 1. The number of carbonyl (C=O) groups excluding carboxylic acids is 1. The minimum absolute atomic E-state index is 0.0221. The summed E-state index contributed by atoms with van der Waals surface area (Å²) in [5.41, 5.74) is 0. The average molecular weight is 283 g/mol. The largest absolute Gasteiger partial charge is 0.496 e. The van der Waals surface area contributed by atoms with Gasteiger partial charge in [-0.1, -0.05) is 0 Å². The van der Waals surface area contributed by atoms with Crippen molar-refractivity contribution in [2.75, 3.05) is 13.7 Å². The summed E-state index contributed by atoms with van der Waals surface area (Å²) in [6, 6.07) is 1.52. The van der Waals surface area contributed by atoms with Gasteiger partial charge in [-0.3, -0.25) is 9.59 Å². The van der Waals surface area contributed by atoms with Crippen LogP contribution in [-0.2, 0) is 4.79 Å². The molecule has 19 heavy (non-hydrogen) atoms. The minimum Gasteiger partial charge on any atom is -0.496 e. The van der Waals surface area contributed by atoms with E-state index in [2.05, 4.69) is 0 Å². The van der Waals surface area contributed by atoms with E-state index in [1.807, 2.05) is 0 Å². The summed E-state index contributed by atoms with van der Waals surface area (Å²) in [7, 11) is 1.56. The fourth-order valence-corrected chi connectivity index (χ4v) is 3.17. The van der Waals surface area contributed by atoms with Crippen LogP contribution in [0.15, 0.2) is 11.4 Å². The van der Waals surface area contributed by atoms with Crippen molar-refractivity contribution in [1.29, 1.82) is 0 Å². The Kier molecular flexibility index (Phi) is 4.42. The topological polar surface area (TPSA) is 66.8 Å². The number of likely N-dealkylation sites (tertiary alicyclic amines) is 1. The number of amides is 1. The number of piperidine rings is 1. The van der Waals surface area contributed by atoms with E-state index in [0.29, 0.717) is 17.2 Å². The number of ether oxygens (including phenoxy) is 1. The molecule has 104 valence electrons. The summed E-state index contributed by atoms with van der Waals surface area (Å²) in [5, 5.41) is 10.7. The van der Waals surface area contributed by atoms with Gasteiger partial charge in [0.1, 0.15) is 5.75 Å². The first-order valence-electron chi connectivity index (χ1n) is 6.27. The molecular weight excluding hydrogens is 266 g/mol. The van der Waals surface area contributed by atoms with Crippen LogP contribution in [0.4, 0.5) is 0 Å². The number of methoxy groups -OCH3 is 1. The zero-order chi connectivity index (χ0) is 13.8. The average Bonchev–Trinajstić information content (AvgIpc) is 2.86. The number of carboxylic acids is 1. The smallest absolute Gasteiger partial charge is 0.305 e. The van der Waals surface area contributed by atoms with Gasteiger partial charge in [0.2, 0.25) is 0 Å². The summed E-state index contributed by atoms with van der Waals surface area (Å²) in [6.07, 6.45) is 2.70. The SMILES string of the molecule is COc1csc(C(=O)N2CCCCC2CC(=O)O)c1. The molecule has 0 bridgehead atoms. The quantitative estimate of drug-likeness (QED) is 0.920. The Labute approximate surface area is 115 Å². The number of rotatable bonds is 4. The molecular formula is C13H17NO4S. The van der Waals surface area contributed by atoms with Crippen molar-refractivity contribution in [3.05, 3.63) is 16.3 Å². The Morgan fingerprint density at radius 2 is 2.32 bits per heavy atom. The summed E-state index contributed by atoms with van der Waals surface area (Å²) in [4.78, 5) is 25.6. The Hall–Kier alpha value is -1.56. The van der Waals surface area contributed by atoms with E-state index in [9.17, 15) is 9.59 Å². The van der Waals surface area contributed by atoms with Gasteiger partial charge in [-0.15, -0.1) is 11.3 Å². The van der Waals surface area contributed by atoms with Crippen LogP contribution in [0.2, 0.25) is 0 Å². The second-order valence-corrected chi connectivity index (χ2v) is 5.51. The molecule has 2 rings (SSSR count). The van der Waals surface area contributed by atoms with Crippen LogP contribution in [0.3, 0.4) is 0 Å². The maximum absolute atomic E-state index is 12.4. The van der Waals surface area contributed by atoms with E-state index in [-0.39, 0.29) is 18.4 Å². The lowest BCUT2D eigenvalue weighted by Gasteiger charge is -2.34. The lowest BCUT2D eigenvalue weighted by molar-refractivity contribution is -0.138. The molecule has 6 heteroatoms. The van der Waals surface area contributed by atoms with Gasteiger partial charge >= 0.3 is 5.97 Å².